The zero-order chi connectivity index (χ0) is 21.7. The van der Waals surface area contributed by atoms with Crippen LogP contribution in [-0.2, 0) is 16.8 Å². The number of carbonyl (C=O) groups is 1. The zero-order valence-electron chi connectivity index (χ0n) is 17.0. The Kier molecular flexibility index (Phi) is 5.11. The Labute approximate surface area is 180 Å². The second-order valence-corrected chi connectivity index (χ2v) is 9.20. The van der Waals surface area contributed by atoms with Crippen molar-refractivity contribution in [2.75, 3.05) is 0 Å². The molecule has 158 valence electrons. The molecule has 5 nitrogen and oxygen atoms in total. The van der Waals surface area contributed by atoms with E-state index in [4.69, 9.17) is 17.3 Å². The molecule has 2 aromatic rings. The van der Waals surface area contributed by atoms with Gasteiger partial charge in [0.05, 0.1) is 17.6 Å². The highest BCUT2D eigenvalue weighted by Crippen LogP contribution is 2.42. The molecular weight excluding hydrogens is 405 g/mol. The molecule has 1 heterocycles. The average Bonchev–Trinajstić information content (AvgIpc) is 2.63. The minimum Gasteiger partial charge on any atom is -0.390 e. The Morgan fingerprint density at radius 2 is 1.90 bits per heavy atom. The number of nitrogens with two attached hydrogens (primary N) is 1. The number of hydrogen-bond acceptors (Lipinski definition) is 4. The molecule has 1 fully saturated rings. The van der Waals surface area contributed by atoms with Crippen LogP contribution in [-0.4, -0.2) is 33.5 Å². The lowest BCUT2D eigenvalue weighted by molar-refractivity contribution is -0.138. The Hall–Kier alpha value is -2.44. The smallest absolute Gasteiger partial charge is 0.232 e. The number of aliphatic hydroxyl groups is 1. The maximum atomic E-state index is 13.2. The molecule has 30 heavy (non-hydrogen) atoms. The molecule has 2 aromatic carbocycles. The molecule has 3 N–H and O–H groups in total. The number of aliphatic imine (C=N–C) groups is 1. The van der Waals surface area contributed by atoms with Crippen LogP contribution in [0.5, 0.6) is 0 Å². The predicted octanol–water partition coefficient (Wildman–Crippen LogP) is 3.75. The normalized spacial score (nSPS) is 28.8. The number of carbonyl (C=O) groups excluding carboxylic acids is 1. The van der Waals surface area contributed by atoms with Gasteiger partial charge in [0.2, 0.25) is 5.91 Å². The molecule has 0 bridgehead atoms. The molecule has 0 unspecified atom stereocenters. The van der Waals surface area contributed by atoms with E-state index in [0.717, 1.165) is 16.7 Å². The summed E-state index contributed by atoms with van der Waals surface area (Å²) in [5.74, 6) is -0.242. The highest BCUT2D eigenvalue weighted by Gasteiger charge is 2.48. The molecule has 1 amide bonds. The maximum Gasteiger partial charge on any atom is 0.232 e. The number of nitrogens with zero attached hydrogens (tertiary/aromatic N) is 2. The molecule has 7 heteroatoms. The first-order valence-corrected chi connectivity index (χ1v) is 10.4. The Bertz CT molecular complexity index is 1010. The summed E-state index contributed by atoms with van der Waals surface area (Å²) in [7, 11) is 0. The minimum absolute atomic E-state index is 0.120. The third kappa shape index (κ3) is 3.82. The van der Waals surface area contributed by atoms with Crippen LogP contribution in [0.2, 0.25) is 5.02 Å². The number of amides is 1. The first-order valence-electron chi connectivity index (χ1n) is 10.0. The highest BCUT2D eigenvalue weighted by atomic mass is 35.5. The molecule has 1 aliphatic carbocycles. The maximum absolute atomic E-state index is 13.2. The van der Waals surface area contributed by atoms with Gasteiger partial charge < -0.3 is 10.8 Å². The fourth-order valence-electron chi connectivity index (χ4n) is 4.49. The number of rotatable bonds is 4. The summed E-state index contributed by atoms with van der Waals surface area (Å²) in [5, 5.41) is 10.5. The van der Waals surface area contributed by atoms with Crippen LogP contribution in [0, 0.1) is 5.82 Å². The van der Waals surface area contributed by atoms with Crippen LogP contribution in [0.25, 0.3) is 0 Å². The summed E-state index contributed by atoms with van der Waals surface area (Å²) < 4.78 is 13.2. The third-order valence-corrected chi connectivity index (χ3v) is 6.50. The lowest BCUT2D eigenvalue weighted by atomic mass is 9.75. The standard InChI is InChI=1S/C23H25ClFN3O2/c1-22(30)11-17(12-22)28-19(29)13-23(2,27-21(28)26)18-5-3-4-15(20(18)24)10-14-6-8-16(25)9-7-14/h3-9,17,30H,10-13H2,1-2H3,(H2,26,27)/t17?,22?,23-/m0/s1. The second kappa shape index (κ2) is 7.36. The summed E-state index contributed by atoms with van der Waals surface area (Å²) in [5.41, 5.74) is 7.12. The molecule has 0 radical (unpaired) electrons. The third-order valence-electron chi connectivity index (χ3n) is 6.05. The topological polar surface area (TPSA) is 78.9 Å². The van der Waals surface area contributed by atoms with Crippen molar-refractivity contribution in [3.05, 3.63) is 70.0 Å². The molecule has 0 spiro atoms. The van der Waals surface area contributed by atoms with Crippen LogP contribution in [0.1, 0.15) is 49.8 Å². The lowest BCUT2D eigenvalue weighted by Gasteiger charge is -2.48. The van der Waals surface area contributed by atoms with E-state index in [1.807, 2.05) is 25.1 Å². The van der Waals surface area contributed by atoms with Gasteiger partial charge in [0, 0.05) is 11.1 Å². The molecule has 1 saturated carbocycles. The number of hydrogen-bond donors (Lipinski definition) is 2. The Morgan fingerprint density at radius 3 is 2.50 bits per heavy atom. The van der Waals surface area contributed by atoms with Gasteiger partial charge in [-0.3, -0.25) is 9.69 Å². The predicted molar refractivity (Wildman–Crippen MR) is 115 cm³/mol. The highest BCUT2D eigenvalue weighted by molar-refractivity contribution is 6.32. The van der Waals surface area contributed by atoms with Gasteiger partial charge in [-0.1, -0.05) is 41.9 Å². The largest absolute Gasteiger partial charge is 0.390 e. The van der Waals surface area contributed by atoms with Crippen molar-refractivity contribution in [3.63, 3.8) is 0 Å². The van der Waals surface area contributed by atoms with Gasteiger partial charge in [0.25, 0.3) is 0 Å². The van der Waals surface area contributed by atoms with E-state index in [9.17, 15) is 14.3 Å². The van der Waals surface area contributed by atoms with E-state index >= 15 is 0 Å². The van der Waals surface area contributed by atoms with Crippen molar-refractivity contribution in [1.29, 1.82) is 0 Å². The number of guanidine groups is 1. The van der Waals surface area contributed by atoms with E-state index in [0.29, 0.717) is 24.3 Å². The van der Waals surface area contributed by atoms with E-state index in [2.05, 4.69) is 4.99 Å². The van der Waals surface area contributed by atoms with Gasteiger partial charge in [0.15, 0.2) is 5.96 Å². The van der Waals surface area contributed by atoms with E-state index < -0.39 is 11.1 Å². The van der Waals surface area contributed by atoms with Gasteiger partial charge in [-0.15, -0.1) is 0 Å². The van der Waals surface area contributed by atoms with Crippen LogP contribution in [0.4, 0.5) is 4.39 Å². The molecule has 0 aromatic heterocycles. The summed E-state index contributed by atoms with van der Waals surface area (Å²) in [6.45, 7) is 3.61. The molecular formula is C23H25ClFN3O2. The van der Waals surface area contributed by atoms with Crippen molar-refractivity contribution in [2.24, 2.45) is 10.7 Å². The molecule has 4 rings (SSSR count). The monoisotopic (exact) mass is 429 g/mol. The lowest BCUT2D eigenvalue weighted by Crippen LogP contribution is -2.61. The van der Waals surface area contributed by atoms with Crippen molar-refractivity contribution in [2.45, 2.75) is 56.7 Å². The van der Waals surface area contributed by atoms with Crippen molar-refractivity contribution in [3.8, 4) is 0 Å². The number of halogens is 2. The summed E-state index contributed by atoms with van der Waals surface area (Å²) in [6.07, 6.45) is 1.66. The second-order valence-electron chi connectivity index (χ2n) is 8.83. The van der Waals surface area contributed by atoms with Crippen LogP contribution in [0.3, 0.4) is 0 Å². The Morgan fingerprint density at radius 1 is 1.23 bits per heavy atom. The number of benzene rings is 2. The summed E-state index contributed by atoms with van der Waals surface area (Å²) >= 11 is 6.74. The molecule has 1 atom stereocenters. The van der Waals surface area contributed by atoms with E-state index in [-0.39, 0.29) is 30.1 Å². The van der Waals surface area contributed by atoms with Gasteiger partial charge in [-0.2, -0.15) is 0 Å². The van der Waals surface area contributed by atoms with Crippen LogP contribution < -0.4 is 5.73 Å². The van der Waals surface area contributed by atoms with Crippen molar-refractivity contribution >= 4 is 23.5 Å². The minimum atomic E-state index is -0.875. The average molecular weight is 430 g/mol. The first kappa shape index (κ1) is 20.8. The van der Waals surface area contributed by atoms with Crippen molar-refractivity contribution < 1.29 is 14.3 Å². The zero-order valence-corrected chi connectivity index (χ0v) is 17.8. The van der Waals surface area contributed by atoms with Crippen LogP contribution >= 0.6 is 11.6 Å². The fourth-order valence-corrected chi connectivity index (χ4v) is 4.89. The van der Waals surface area contributed by atoms with Gasteiger partial charge >= 0.3 is 0 Å². The van der Waals surface area contributed by atoms with Gasteiger partial charge in [-0.25, -0.2) is 9.38 Å². The molecule has 2 aliphatic rings. The fraction of sp³-hybridized carbons (Fsp3) is 0.391. The van der Waals surface area contributed by atoms with Gasteiger partial charge in [-0.05, 0) is 61.9 Å². The molecule has 1 aliphatic heterocycles. The van der Waals surface area contributed by atoms with E-state index in [1.54, 1.807) is 19.1 Å². The van der Waals surface area contributed by atoms with Crippen LogP contribution in [0.15, 0.2) is 47.5 Å². The van der Waals surface area contributed by atoms with E-state index in [1.165, 1.54) is 17.0 Å². The first-order chi connectivity index (χ1) is 14.1. The Balaban J connectivity index is 1.62. The quantitative estimate of drug-likeness (QED) is 0.776. The molecule has 0 saturated heterocycles. The van der Waals surface area contributed by atoms with Gasteiger partial charge in [0.1, 0.15) is 5.82 Å². The summed E-state index contributed by atoms with van der Waals surface area (Å²) in [6, 6.07) is 11.8. The van der Waals surface area contributed by atoms with Crippen molar-refractivity contribution in [1.82, 2.24) is 4.90 Å². The SMILES string of the molecule is CC1(O)CC(N2C(=O)C[C@@](C)(c3cccc(Cc4ccc(F)cc4)c3Cl)N=C2N)C1. The summed E-state index contributed by atoms with van der Waals surface area (Å²) in [4.78, 5) is 19.1.